The molecule has 1 atom stereocenters. The van der Waals surface area contributed by atoms with Crippen molar-refractivity contribution in [2.75, 3.05) is 53.4 Å². The van der Waals surface area contributed by atoms with Gasteiger partial charge in [-0.3, -0.25) is 0 Å². The zero-order chi connectivity index (χ0) is 16.7. The van der Waals surface area contributed by atoms with Crippen LogP contribution in [0.1, 0.15) is 53.4 Å². The van der Waals surface area contributed by atoms with Crippen molar-refractivity contribution >= 4 is 0 Å². The lowest BCUT2D eigenvalue weighted by molar-refractivity contribution is -1.18. The van der Waals surface area contributed by atoms with Crippen LogP contribution in [0.5, 0.6) is 0 Å². The number of hydrogen-bond acceptors (Lipinski definition) is 2. The Bertz CT molecular complexity index is 499. The van der Waals surface area contributed by atoms with Crippen molar-refractivity contribution < 1.29 is 8.97 Å². The van der Waals surface area contributed by atoms with E-state index in [1.165, 1.54) is 73.9 Å². The zero-order valence-corrected chi connectivity index (χ0v) is 16.4. The summed E-state index contributed by atoms with van der Waals surface area (Å²) in [6, 6.07) is 0. The molecule has 4 saturated heterocycles. The van der Waals surface area contributed by atoms with Crippen molar-refractivity contribution in [2.24, 2.45) is 0 Å². The maximum Gasteiger partial charge on any atom is 0.357 e. The van der Waals surface area contributed by atoms with Gasteiger partial charge in [-0.05, 0) is 27.7 Å². The van der Waals surface area contributed by atoms with Crippen LogP contribution < -0.4 is 0 Å². The van der Waals surface area contributed by atoms with Gasteiger partial charge < -0.3 is 0 Å². The molecule has 1 unspecified atom stereocenters. The lowest BCUT2D eigenvalue weighted by Gasteiger charge is -2.58. The van der Waals surface area contributed by atoms with Gasteiger partial charge in [0, 0.05) is 39.8 Å². The zero-order valence-electron chi connectivity index (χ0n) is 16.4. The lowest BCUT2D eigenvalue weighted by atomic mass is 10.0. The predicted octanol–water partition coefficient (Wildman–Crippen LogP) is 2.27. The summed E-state index contributed by atoms with van der Waals surface area (Å²) >= 11 is 0. The summed E-state index contributed by atoms with van der Waals surface area (Å²) in [7, 11) is 4.88. The Kier molecular flexibility index (Phi) is 3.20. The van der Waals surface area contributed by atoms with E-state index in [0.29, 0.717) is 5.54 Å². The van der Waals surface area contributed by atoms with Crippen molar-refractivity contribution in [1.29, 1.82) is 0 Å². The van der Waals surface area contributed by atoms with Crippen LogP contribution in [0.4, 0.5) is 0 Å². The number of quaternary nitrogens is 2. The molecule has 4 heteroatoms. The van der Waals surface area contributed by atoms with E-state index in [9.17, 15) is 0 Å². The Balaban J connectivity index is 1.98. The third-order valence-corrected chi connectivity index (χ3v) is 8.31. The quantitative estimate of drug-likeness (QED) is 0.631. The van der Waals surface area contributed by atoms with Crippen molar-refractivity contribution in [3.63, 3.8) is 0 Å². The van der Waals surface area contributed by atoms with E-state index in [4.69, 9.17) is 0 Å². The molecule has 3 spiro atoms. The Morgan fingerprint density at radius 1 is 0.783 bits per heavy atom. The minimum absolute atomic E-state index is 0.167. The van der Waals surface area contributed by atoms with Gasteiger partial charge in [-0.1, -0.05) is 0 Å². The fourth-order valence-electron chi connectivity index (χ4n) is 7.72. The molecular weight excluding hydrogens is 284 g/mol. The first-order valence-electron chi connectivity index (χ1n) is 9.84. The van der Waals surface area contributed by atoms with E-state index >= 15 is 0 Å². The number of hydrogen-bond donors (Lipinski definition) is 0. The summed E-state index contributed by atoms with van der Waals surface area (Å²) in [6.45, 7) is 18.2. The Labute approximate surface area is 143 Å². The molecule has 0 aromatic carbocycles. The molecule has 0 aliphatic carbocycles. The van der Waals surface area contributed by atoms with Gasteiger partial charge in [0.05, 0.1) is 38.3 Å². The smallest absolute Gasteiger partial charge is 0.241 e. The minimum atomic E-state index is 0.167. The molecule has 0 amide bonds. The first-order chi connectivity index (χ1) is 10.7. The van der Waals surface area contributed by atoms with E-state index in [1.807, 2.05) is 0 Å². The fraction of sp³-hybridized carbons (Fsp3) is 1.00. The van der Waals surface area contributed by atoms with Gasteiger partial charge in [-0.2, -0.15) is 9.80 Å². The summed E-state index contributed by atoms with van der Waals surface area (Å²) in [5.41, 5.74) is 0.640. The van der Waals surface area contributed by atoms with Gasteiger partial charge in [0.2, 0.25) is 0 Å². The highest BCUT2D eigenvalue weighted by atomic mass is 15.9. The van der Waals surface area contributed by atoms with Crippen molar-refractivity contribution in [2.45, 2.75) is 70.4 Å². The monoisotopic (exact) mass is 322 g/mol. The molecule has 4 fully saturated rings. The van der Waals surface area contributed by atoms with Crippen molar-refractivity contribution in [3.05, 3.63) is 0 Å². The summed E-state index contributed by atoms with van der Waals surface area (Å²) in [5.74, 6) is 0.167. The number of fused-ring (bicyclic) bond motifs is 2. The SMILES string of the molecule is CN1CC(C)(C)[N+]2(CCCC2)C12N(C)C(C)(C)C[N+]21CCCC1. The Hall–Kier alpha value is -0.160. The molecule has 132 valence electrons. The molecule has 4 rings (SSSR count). The number of likely N-dealkylation sites (N-methyl/N-ethyl adjacent to an activating group) is 2. The maximum absolute atomic E-state index is 2.82. The molecule has 0 bridgehead atoms. The summed E-state index contributed by atoms with van der Waals surface area (Å²) in [4.78, 5) is 5.61. The van der Waals surface area contributed by atoms with Crippen LogP contribution in [0.3, 0.4) is 0 Å². The van der Waals surface area contributed by atoms with Crippen LogP contribution >= 0.6 is 0 Å². The molecule has 4 aliphatic heterocycles. The van der Waals surface area contributed by atoms with Gasteiger partial charge in [0.15, 0.2) is 0 Å². The molecule has 0 aromatic rings. The standard InChI is InChI=1S/C19H38N4/c1-17(2)16-22(11-7-8-12-22)19(21(17)6)20(5)15-18(3,4)23(19)13-9-10-14-23/h7-16H2,1-6H3/q+2. The van der Waals surface area contributed by atoms with E-state index in [2.05, 4.69) is 51.6 Å². The average molecular weight is 323 g/mol. The van der Waals surface area contributed by atoms with E-state index in [-0.39, 0.29) is 11.4 Å². The van der Waals surface area contributed by atoms with Crippen LogP contribution in [-0.2, 0) is 0 Å². The van der Waals surface area contributed by atoms with Crippen molar-refractivity contribution in [1.82, 2.24) is 9.80 Å². The van der Waals surface area contributed by atoms with Crippen LogP contribution in [0.25, 0.3) is 0 Å². The van der Waals surface area contributed by atoms with E-state index in [1.54, 1.807) is 0 Å². The largest absolute Gasteiger partial charge is 0.357 e. The maximum atomic E-state index is 2.82. The lowest BCUT2D eigenvalue weighted by Crippen LogP contribution is -2.83. The predicted molar refractivity (Wildman–Crippen MR) is 94.6 cm³/mol. The number of rotatable bonds is 0. The fourth-order valence-corrected chi connectivity index (χ4v) is 7.72. The first kappa shape index (κ1) is 16.3. The van der Waals surface area contributed by atoms with Crippen LogP contribution in [-0.4, -0.2) is 89.1 Å². The van der Waals surface area contributed by atoms with Crippen LogP contribution in [0, 0.1) is 0 Å². The third-order valence-electron chi connectivity index (χ3n) is 8.31. The molecule has 0 radical (unpaired) electrons. The molecule has 4 heterocycles. The normalized spacial score (nSPS) is 41.0. The second kappa shape index (κ2) is 4.51. The van der Waals surface area contributed by atoms with E-state index in [0.717, 1.165) is 0 Å². The summed E-state index contributed by atoms with van der Waals surface area (Å²) in [5, 5.41) is 0. The molecule has 4 nitrogen and oxygen atoms in total. The van der Waals surface area contributed by atoms with Gasteiger partial charge >= 0.3 is 5.91 Å². The van der Waals surface area contributed by atoms with Gasteiger partial charge in [-0.15, -0.1) is 0 Å². The highest BCUT2D eigenvalue weighted by Crippen LogP contribution is 2.59. The van der Waals surface area contributed by atoms with Crippen LogP contribution in [0.2, 0.25) is 0 Å². The molecule has 0 aromatic heterocycles. The van der Waals surface area contributed by atoms with Gasteiger partial charge in [0.25, 0.3) is 0 Å². The van der Waals surface area contributed by atoms with Gasteiger partial charge in [0.1, 0.15) is 12.1 Å². The highest BCUT2D eigenvalue weighted by molar-refractivity contribution is 5.01. The molecule has 0 N–H and O–H groups in total. The minimum Gasteiger partial charge on any atom is -0.241 e. The Morgan fingerprint density at radius 3 is 1.87 bits per heavy atom. The second-order valence-corrected chi connectivity index (χ2v) is 10.2. The third kappa shape index (κ3) is 1.58. The Morgan fingerprint density at radius 2 is 1.30 bits per heavy atom. The summed E-state index contributed by atoms with van der Waals surface area (Å²) < 4.78 is 2.65. The molecular formula is C19H38N4+2. The molecule has 4 aliphatic rings. The topological polar surface area (TPSA) is 6.48 Å². The highest BCUT2D eigenvalue weighted by Gasteiger charge is 2.84. The molecule has 23 heavy (non-hydrogen) atoms. The van der Waals surface area contributed by atoms with E-state index < -0.39 is 0 Å². The molecule has 0 saturated carbocycles. The van der Waals surface area contributed by atoms with Crippen molar-refractivity contribution in [3.8, 4) is 0 Å². The number of nitrogens with zero attached hydrogens (tertiary/aromatic N) is 4. The average Bonchev–Trinajstić information content (AvgIpc) is 3.14. The first-order valence-corrected chi connectivity index (χ1v) is 9.84. The van der Waals surface area contributed by atoms with Crippen LogP contribution in [0.15, 0.2) is 0 Å². The second-order valence-electron chi connectivity index (χ2n) is 10.2. The van der Waals surface area contributed by atoms with Gasteiger partial charge in [-0.25, -0.2) is 8.97 Å². The summed E-state index contributed by atoms with van der Waals surface area (Å²) in [6.07, 6.45) is 5.65.